The van der Waals surface area contributed by atoms with Crippen molar-refractivity contribution in [1.29, 1.82) is 0 Å². The Morgan fingerprint density at radius 3 is 2.30 bits per heavy atom. The van der Waals surface area contributed by atoms with Gasteiger partial charge in [0.05, 0.1) is 16.6 Å². The van der Waals surface area contributed by atoms with Crippen molar-refractivity contribution >= 4 is 11.1 Å². The summed E-state index contributed by atoms with van der Waals surface area (Å²) >= 11 is 0. The van der Waals surface area contributed by atoms with Crippen LogP contribution in [0.1, 0.15) is 32.7 Å². The van der Waals surface area contributed by atoms with E-state index in [2.05, 4.69) is 4.98 Å². The number of nitrogens with two attached hydrogens (primary N) is 1. The van der Waals surface area contributed by atoms with Crippen LogP contribution in [0, 0.1) is 5.92 Å². The number of aromatic nitrogens is 2. The van der Waals surface area contributed by atoms with E-state index in [1.807, 2.05) is 0 Å². The molecule has 11 heteroatoms. The van der Waals surface area contributed by atoms with Gasteiger partial charge in [0, 0.05) is 25.0 Å². The highest BCUT2D eigenvalue weighted by atomic mass is 19.4. The van der Waals surface area contributed by atoms with Gasteiger partial charge in [-0.15, -0.1) is 0 Å². The number of fused-ring (bicyclic) bond motifs is 1. The van der Waals surface area contributed by atoms with Gasteiger partial charge in [0.15, 0.2) is 0 Å². The predicted molar refractivity (Wildman–Crippen MR) is 99.7 cm³/mol. The third-order valence-electron chi connectivity index (χ3n) is 6.51. The number of nitrogens with one attached hydrogen (secondary N) is 1. The fourth-order valence-electron chi connectivity index (χ4n) is 4.80. The molecule has 1 saturated carbocycles. The number of halogens is 5. The first-order valence-electron chi connectivity index (χ1n) is 9.84. The molecule has 2 heterocycles. The van der Waals surface area contributed by atoms with Crippen LogP contribution in [0.3, 0.4) is 0 Å². The molecule has 0 amide bonds. The lowest BCUT2D eigenvalue weighted by Gasteiger charge is -2.34. The summed E-state index contributed by atoms with van der Waals surface area (Å²) in [6.45, 7) is 2.19. The predicted octanol–water partition coefficient (Wildman–Crippen LogP) is 0.0925. The lowest BCUT2D eigenvalue weighted by atomic mass is 9.90. The third-order valence-corrected chi connectivity index (χ3v) is 6.51. The second-order valence-corrected chi connectivity index (χ2v) is 8.50. The Hall–Kier alpha value is -2.01. The van der Waals surface area contributed by atoms with Crippen molar-refractivity contribution in [1.82, 2.24) is 14.5 Å². The number of alkyl halides is 5. The topological polar surface area (TPSA) is 84.1 Å². The fraction of sp³-hybridized carbons (Fsp3) is 0.684. The smallest absolute Gasteiger partial charge is 0.320 e. The summed E-state index contributed by atoms with van der Waals surface area (Å²) < 4.78 is 70.4. The van der Waals surface area contributed by atoms with E-state index in [0.29, 0.717) is 10.9 Å². The maximum atomic E-state index is 15.4. The van der Waals surface area contributed by atoms with E-state index in [1.54, 1.807) is 6.92 Å². The van der Waals surface area contributed by atoms with Gasteiger partial charge in [0.2, 0.25) is 0 Å². The lowest BCUT2D eigenvalue weighted by Crippen LogP contribution is -2.61. The van der Waals surface area contributed by atoms with Gasteiger partial charge in [-0.05, 0) is 37.8 Å². The zero-order chi connectivity index (χ0) is 22.1. The van der Waals surface area contributed by atoms with Crippen molar-refractivity contribution < 1.29 is 22.0 Å². The molecule has 1 aromatic heterocycles. The molecule has 3 aliphatic rings. The maximum Gasteiger partial charge on any atom is 0.404 e. The maximum absolute atomic E-state index is 15.4. The van der Waals surface area contributed by atoms with Gasteiger partial charge in [0.25, 0.3) is 5.56 Å². The van der Waals surface area contributed by atoms with E-state index in [1.165, 1.54) is 16.4 Å². The van der Waals surface area contributed by atoms with Crippen LogP contribution in [0.15, 0.2) is 9.59 Å². The first-order valence-corrected chi connectivity index (χ1v) is 9.84. The van der Waals surface area contributed by atoms with Gasteiger partial charge < -0.3 is 5.73 Å². The van der Waals surface area contributed by atoms with Crippen molar-refractivity contribution in [2.45, 2.75) is 63.3 Å². The number of nitrogens with zero attached hydrogens (tertiary/aromatic N) is 2. The molecule has 4 rings (SSSR count). The summed E-state index contributed by atoms with van der Waals surface area (Å²) in [7, 11) is 0. The van der Waals surface area contributed by atoms with Crippen molar-refractivity contribution in [2.75, 3.05) is 13.1 Å². The summed E-state index contributed by atoms with van der Waals surface area (Å²) in [5.41, 5.74) is 4.35. The number of likely N-dealkylation sites (tertiary alicyclic amines) is 1. The van der Waals surface area contributed by atoms with E-state index in [4.69, 9.17) is 5.73 Å². The number of aromatic amines is 1. The summed E-state index contributed by atoms with van der Waals surface area (Å²) in [5, 5.41) is 0.365. The molecule has 2 fully saturated rings. The van der Waals surface area contributed by atoms with Crippen molar-refractivity contribution in [3.8, 4) is 0 Å². The second-order valence-electron chi connectivity index (χ2n) is 8.50. The SMILES string of the molecule is CC1=c2c(=O)[nH]c(=O)n(C3CC3)c2=C(C)C(N2CC(F)C(C(N)C(F)(F)F)C2)C1F. The summed E-state index contributed by atoms with van der Waals surface area (Å²) in [4.78, 5) is 28.4. The molecule has 3 N–H and O–H groups in total. The minimum absolute atomic E-state index is 0.0716. The summed E-state index contributed by atoms with van der Waals surface area (Å²) in [5.74, 6) is -1.52. The van der Waals surface area contributed by atoms with Crippen LogP contribution >= 0.6 is 0 Å². The first kappa shape index (κ1) is 21.2. The third kappa shape index (κ3) is 3.22. The van der Waals surface area contributed by atoms with E-state index < -0.39 is 54.3 Å². The van der Waals surface area contributed by atoms with Gasteiger partial charge in [0.1, 0.15) is 18.4 Å². The lowest BCUT2D eigenvalue weighted by molar-refractivity contribution is -0.161. The summed E-state index contributed by atoms with van der Waals surface area (Å²) in [6, 6.07) is -3.56. The van der Waals surface area contributed by atoms with Gasteiger partial charge in [-0.2, -0.15) is 13.2 Å². The van der Waals surface area contributed by atoms with Gasteiger partial charge in [-0.3, -0.25) is 19.2 Å². The molecular formula is C19H23F5N4O2. The van der Waals surface area contributed by atoms with Crippen LogP contribution in [0.4, 0.5) is 22.0 Å². The monoisotopic (exact) mass is 434 g/mol. The zero-order valence-corrected chi connectivity index (χ0v) is 16.5. The van der Waals surface area contributed by atoms with Crippen LogP contribution in [0.2, 0.25) is 0 Å². The van der Waals surface area contributed by atoms with Crippen LogP contribution in [0.25, 0.3) is 11.1 Å². The number of rotatable bonds is 3. The Morgan fingerprint density at radius 1 is 1.10 bits per heavy atom. The summed E-state index contributed by atoms with van der Waals surface area (Å²) in [6.07, 6.45) is -6.90. The highest BCUT2D eigenvalue weighted by Gasteiger charge is 2.51. The molecule has 1 saturated heterocycles. The molecule has 6 nitrogen and oxygen atoms in total. The van der Waals surface area contributed by atoms with Gasteiger partial charge >= 0.3 is 11.9 Å². The van der Waals surface area contributed by atoms with E-state index >= 15 is 4.39 Å². The van der Waals surface area contributed by atoms with Crippen molar-refractivity contribution in [2.24, 2.45) is 11.7 Å². The first-order chi connectivity index (χ1) is 13.9. The van der Waals surface area contributed by atoms with Crippen molar-refractivity contribution in [3.05, 3.63) is 31.4 Å². The molecule has 1 aliphatic heterocycles. The highest BCUT2D eigenvalue weighted by Crippen LogP contribution is 2.36. The fourth-order valence-corrected chi connectivity index (χ4v) is 4.80. The Morgan fingerprint density at radius 2 is 1.73 bits per heavy atom. The number of hydrogen-bond acceptors (Lipinski definition) is 4. The quantitative estimate of drug-likeness (QED) is 0.661. The van der Waals surface area contributed by atoms with Gasteiger partial charge in [-0.25, -0.2) is 13.6 Å². The molecular weight excluding hydrogens is 411 g/mol. The average Bonchev–Trinajstić information content (AvgIpc) is 3.40. The molecule has 5 atom stereocenters. The standard InChI is InChI=1S/C19H23F5N4O2/c1-7-12-14(28(9-3-4-9)18(30)26-17(12)29)8(2)15(13(7)21)27-5-10(11(20)6-27)16(25)19(22,23)24/h9-11,13,15-16H,3-6,25H2,1-2H3,(H,26,29,30). The molecule has 0 radical (unpaired) electrons. The number of hydrogen-bond donors (Lipinski definition) is 2. The van der Waals surface area contributed by atoms with E-state index in [0.717, 1.165) is 12.8 Å². The average molecular weight is 434 g/mol. The van der Waals surface area contributed by atoms with Gasteiger partial charge in [-0.1, -0.05) is 0 Å². The largest absolute Gasteiger partial charge is 0.404 e. The Bertz CT molecular complexity index is 1100. The molecule has 30 heavy (non-hydrogen) atoms. The molecule has 0 spiro atoms. The normalized spacial score (nSPS) is 31.2. The van der Waals surface area contributed by atoms with Crippen LogP contribution < -0.4 is 27.6 Å². The van der Waals surface area contributed by atoms with Crippen LogP contribution in [-0.2, 0) is 0 Å². The Balaban J connectivity index is 1.84. The van der Waals surface area contributed by atoms with Crippen LogP contribution in [-0.4, -0.2) is 58.1 Å². The van der Waals surface area contributed by atoms with Crippen LogP contribution in [0.5, 0.6) is 0 Å². The van der Waals surface area contributed by atoms with Crippen molar-refractivity contribution in [3.63, 3.8) is 0 Å². The zero-order valence-electron chi connectivity index (χ0n) is 16.5. The molecule has 166 valence electrons. The molecule has 1 aromatic rings. The Kier molecular flexibility index (Phi) is 4.96. The van der Waals surface area contributed by atoms with E-state index in [-0.39, 0.29) is 23.4 Å². The second kappa shape index (κ2) is 7.01. The Labute approximate surface area is 167 Å². The minimum atomic E-state index is -4.76. The minimum Gasteiger partial charge on any atom is -0.320 e. The molecule has 0 aromatic carbocycles. The molecule has 5 unspecified atom stereocenters. The highest BCUT2D eigenvalue weighted by molar-refractivity contribution is 5.62. The molecule has 0 bridgehead atoms. The van der Waals surface area contributed by atoms with E-state index in [9.17, 15) is 27.2 Å². The number of H-pyrrole nitrogens is 1. The molecule has 2 aliphatic carbocycles.